The Morgan fingerprint density at radius 2 is 1.81 bits per heavy atom. The third-order valence-corrected chi connectivity index (χ3v) is 2.93. The number of carbonyl (C=O) groups is 1. The number of rotatable bonds is 10. The lowest BCUT2D eigenvalue weighted by Crippen LogP contribution is -2.32. The highest BCUT2D eigenvalue weighted by atomic mass is 16.5. The molecule has 0 aliphatic rings. The number of pyridine rings is 1. The summed E-state index contributed by atoms with van der Waals surface area (Å²) in [6.07, 6.45) is 1.45. The summed E-state index contributed by atoms with van der Waals surface area (Å²) < 4.78 is 10.7. The molecular weight excluding hydrogens is 272 g/mol. The van der Waals surface area contributed by atoms with E-state index in [1.807, 2.05) is 18.7 Å². The number of primary amides is 1. The van der Waals surface area contributed by atoms with E-state index in [9.17, 15) is 4.79 Å². The molecule has 118 valence electrons. The van der Waals surface area contributed by atoms with Crippen molar-refractivity contribution in [2.75, 3.05) is 50.2 Å². The monoisotopic (exact) mass is 296 g/mol. The molecule has 0 saturated heterocycles. The van der Waals surface area contributed by atoms with Gasteiger partial charge in [0, 0.05) is 26.3 Å². The van der Waals surface area contributed by atoms with Crippen LogP contribution in [0.1, 0.15) is 24.2 Å². The van der Waals surface area contributed by atoms with Gasteiger partial charge in [-0.2, -0.15) is 0 Å². The maximum absolute atomic E-state index is 11.4. The molecule has 4 N–H and O–H groups in total. The predicted molar refractivity (Wildman–Crippen MR) is 82.4 cm³/mol. The minimum absolute atomic E-state index is 0.276. The van der Waals surface area contributed by atoms with Crippen LogP contribution in [0.5, 0.6) is 0 Å². The summed E-state index contributed by atoms with van der Waals surface area (Å²) in [4.78, 5) is 17.6. The van der Waals surface area contributed by atoms with Crippen LogP contribution in [-0.4, -0.2) is 50.4 Å². The van der Waals surface area contributed by atoms with E-state index in [2.05, 4.69) is 4.98 Å². The summed E-state index contributed by atoms with van der Waals surface area (Å²) in [6, 6.07) is 1.61. The normalized spacial score (nSPS) is 10.6. The molecule has 1 aromatic heterocycles. The lowest BCUT2D eigenvalue weighted by atomic mass is 10.2. The third-order valence-electron chi connectivity index (χ3n) is 2.93. The first kappa shape index (κ1) is 17.2. The fourth-order valence-corrected chi connectivity index (χ4v) is 1.82. The molecule has 1 amide bonds. The van der Waals surface area contributed by atoms with Gasteiger partial charge in [-0.1, -0.05) is 0 Å². The smallest absolute Gasteiger partial charge is 0.250 e. The van der Waals surface area contributed by atoms with Crippen molar-refractivity contribution in [3.63, 3.8) is 0 Å². The van der Waals surface area contributed by atoms with Crippen molar-refractivity contribution in [3.8, 4) is 0 Å². The maximum Gasteiger partial charge on any atom is 0.250 e. The van der Waals surface area contributed by atoms with Gasteiger partial charge in [0.05, 0.1) is 30.7 Å². The van der Waals surface area contributed by atoms with Crippen molar-refractivity contribution < 1.29 is 14.3 Å². The van der Waals surface area contributed by atoms with Gasteiger partial charge in [-0.3, -0.25) is 4.79 Å². The van der Waals surface area contributed by atoms with E-state index in [0.29, 0.717) is 45.3 Å². The maximum atomic E-state index is 11.4. The Bertz CT molecular complexity index is 444. The lowest BCUT2D eigenvalue weighted by Gasteiger charge is -2.24. The van der Waals surface area contributed by atoms with Gasteiger partial charge in [0.2, 0.25) is 0 Å². The largest absolute Gasteiger partial charge is 0.397 e. The Morgan fingerprint density at radius 3 is 2.29 bits per heavy atom. The van der Waals surface area contributed by atoms with Crippen LogP contribution in [0.4, 0.5) is 11.5 Å². The fourth-order valence-electron chi connectivity index (χ4n) is 1.82. The minimum atomic E-state index is -0.564. The van der Waals surface area contributed by atoms with Crippen LogP contribution in [0.25, 0.3) is 0 Å². The van der Waals surface area contributed by atoms with Crippen LogP contribution in [-0.2, 0) is 9.47 Å². The highest BCUT2D eigenvalue weighted by Crippen LogP contribution is 2.17. The van der Waals surface area contributed by atoms with E-state index in [0.717, 1.165) is 0 Å². The number of nitrogens with two attached hydrogens (primary N) is 2. The van der Waals surface area contributed by atoms with Gasteiger partial charge in [-0.15, -0.1) is 0 Å². The van der Waals surface area contributed by atoms with Gasteiger partial charge < -0.3 is 25.8 Å². The number of nitrogen functional groups attached to an aromatic ring is 1. The summed E-state index contributed by atoms with van der Waals surface area (Å²) in [5, 5.41) is 0. The van der Waals surface area contributed by atoms with Crippen LogP contribution < -0.4 is 16.4 Å². The van der Waals surface area contributed by atoms with Gasteiger partial charge in [-0.05, 0) is 19.9 Å². The first-order chi connectivity index (χ1) is 10.1. The highest BCUT2D eigenvalue weighted by molar-refractivity contribution is 5.98. The zero-order chi connectivity index (χ0) is 15.7. The van der Waals surface area contributed by atoms with Crippen LogP contribution in [0.15, 0.2) is 12.3 Å². The molecule has 1 rings (SSSR count). The summed E-state index contributed by atoms with van der Waals surface area (Å²) >= 11 is 0. The number of hydrogen-bond donors (Lipinski definition) is 2. The van der Waals surface area contributed by atoms with Crippen LogP contribution in [0, 0.1) is 0 Å². The van der Waals surface area contributed by atoms with Crippen LogP contribution >= 0.6 is 0 Å². The standard InChI is InChI=1S/C14H24N4O3/c1-3-20-7-5-18(6-8-21-4-2)13-9-11(14(16)19)12(15)10-17-13/h9-10H,3-8,15H2,1-2H3,(H2,16,19). The van der Waals surface area contributed by atoms with E-state index in [1.165, 1.54) is 6.20 Å². The highest BCUT2D eigenvalue weighted by Gasteiger charge is 2.13. The Hall–Kier alpha value is -1.86. The molecule has 7 nitrogen and oxygen atoms in total. The number of amides is 1. The second kappa shape index (κ2) is 9.15. The Kier molecular flexibility index (Phi) is 7.49. The molecule has 0 saturated carbocycles. The SMILES string of the molecule is CCOCCN(CCOCC)c1cc(C(N)=O)c(N)cn1. The first-order valence-electron chi connectivity index (χ1n) is 7.05. The summed E-state index contributed by atoms with van der Waals surface area (Å²) in [6.45, 7) is 7.63. The van der Waals surface area contributed by atoms with E-state index < -0.39 is 5.91 Å². The Balaban J connectivity index is 2.84. The minimum Gasteiger partial charge on any atom is -0.397 e. The van der Waals surface area contributed by atoms with E-state index in [-0.39, 0.29) is 11.3 Å². The van der Waals surface area contributed by atoms with Crippen LogP contribution in [0.3, 0.4) is 0 Å². The van der Waals surface area contributed by atoms with Gasteiger partial charge in [0.1, 0.15) is 5.82 Å². The first-order valence-corrected chi connectivity index (χ1v) is 7.05. The van der Waals surface area contributed by atoms with E-state index >= 15 is 0 Å². The van der Waals surface area contributed by atoms with Crippen molar-refractivity contribution in [3.05, 3.63) is 17.8 Å². The zero-order valence-corrected chi connectivity index (χ0v) is 12.7. The van der Waals surface area contributed by atoms with Gasteiger partial charge in [-0.25, -0.2) is 4.98 Å². The Labute approximate surface area is 125 Å². The summed E-state index contributed by atoms with van der Waals surface area (Å²) in [5.74, 6) is 0.0723. The molecule has 0 aliphatic heterocycles. The predicted octanol–water partition coefficient (Wildman–Crippen LogP) is 0.642. The third kappa shape index (κ3) is 5.57. The van der Waals surface area contributed by atoms with Gasteiger partial charge in [0.15, 0.2) is 0 Å². The molecular formula is C14H24N4O3. The average Bonchev–Trinajstić information content (AvgIpc) is 2.46. The van der Waals surface area contributed by atoms with Gasteiger partial charge in [0.25, 0.3) is 5.91 Å². The van der Waals surface area contributed by atoms with Gasteiger partial charge >= 0.3 is 0 Å². The molecule has 0 spiro atoms. The van der Waals surface area contributed by atoms with Crippen LogP contribution in [0.2, 0.25) is 0 Å². The van der Waals surface area contributed by atoms with Crippen molar-refractivity contribution in [2.24, 2.45) is 5.73 Å². The number of nitrogens with zero attached hydrogens (tertiary/aromatic N) is 2. The van der Waals surface area contributed by atoms with Crippen molar-refractivity contribution in [1.29, 1.82) is 0 Å². The average molecular weight is 296 g/mol. The molecule has 7 heteroatoms. The molecule has 1 aromatic rings. The molecule has 0 fully saturated rings. The van der Waals surface area contributed by atoms with Crippen molar-refractivity contribution in [1.82, 2.24) is 4.98 Å². The molecule has 0 atom stereocenters. The molecule has 1 heterocycles. The number of ether oxygens (including phenoxy) is 2. The van der Waals surface area contributed by atoms with Crippen molar-refractivity contribution in [2.45, 2.75) is 13.8 Å². The Morgan fingerprint density at radius 1 is 1.24 bits per heavy atom. The van der Waals surface area contributed by atoms with E-state index in [1.54, 1.807) is 6.07 Å². The summed E-state index contributed by atoms with van der Waals surface area (Å²) in [7, 11) is 0. The summed E-state index contributed by atoms with van der Waals surface area (Å²) in [5.41, 5.74) is 11.6. The molecule has 0 bridgehead atoms. The lowest BCUT2D eigenvalue weighted by molar-refractivity contribution is 0.100. The number of carbonyl (C=O) groups excluding carboxylic acids is 1. The number of aromatic nitrogens is 1. The fraction of sp³-hybridized carbons (Fsp3) is 0.571. The second-order valence-corrected chi connectivity index (χ2v) is 4.37. The number of hydrogen-bond acceptors (Lipinski definition) is 6. The van der Waals surface area contributed by atoms with E-state index in [4.69, 9.17) is 20.9 Å². The van der Waals surface area contributed by atoms with Crippen molar-refractivity contribution >= 4 is 17.4 Å². The molecule has 21 heavy (non-hydrogen) atoms. The second-order valence-electron chi connectivity index (χ2n) is 4.37. The number of anilines is 2. The topological polar surface area (TPSA) is 104 Å². The zero-order valence-electron chi connectivity index (χ0n) is 12.7. The molecule has 0 aromatic carbocycles. The quantitative estimate of drug-likeness (QED) is 0.614. The molecule has 0 unspecified atom stereocenters. The molecule has 0 radical (unpaired) electrons. The molecule has 0 aliphatic carbocycles.